The van der Waals surface area contributed by atoms with Crippen molar-refractivity contribution < 1.29 is 4.79 Å². The first kappa shape index (κ1) is 16.9. The van der Waals surface area contributed by atoms with Gasteiger partial charge in [0.05, 0.1) is 22.0 Å². The minimum atomic E-state index is -0.336. The summed E-state index contributed by atoms with van der Waals surface area (Å²) in [6.45, 7) is 0.454. The van der Waals surface area contributed by atoms with Gasteiger partial charge in [-0.1, -0.05) is 17.7 Å². The summed E-state index contributed by atoms with van der Waals surface area (Å²) in [5.41, 5.74) is 11.9. The number of fused-ring (bicyclic) bond motifs is 1. The number of hydrogen-bond acceptors (Lipinski definition) is 4. The predicted molar refractivity (Wildman–Crippen MR) is 93.7 cm³/mol. The van der Waals surface area contributed by atoms with Crippen LogP contribution >= 0.6 is 11.6 Å². The van der Waals surface area contributed by atoms with E-state index in [4.69, 9.17) is 23.1 Å². The van der Waals surface area contributed by atoms with Crippen molar-refractivity contribution >= 4 is 28.4 Å². The molecule has 0 unspecified atom stereocenters. The van der Waals surface area contributed by atoms with Gasteiger partial charge in [-0.25, -0.2) is 4.98 Å². The number of nitrogens with two attached hydrogens (primary N) is 2. The molecular formula is C17H21ClN4O2. The lowest BCUT2D eigenvalue weighted by molar-refractivity contribution is -0.118. The molecular weight excluding hydrogens is 328 g/mol. The number of benzene rings is 1. The van der Waals surface area contributed by atoms with Crippen molar-refractivity contribution in [2.75, 3.05) is 0 Å². The molecule has 4 N–H and O–H groups in total. The summed E-state index contributed by atoms with van der Waals surface area (Å²) in [5.74, 6) is 0.652. The van der Waals surface area contributed by atoms with Gasteiger partial charge in [-0.05, 0) is 43.7 Å². The lowest BCUT2D eigenvalue weighted by atomic mass is 10.1. The molecule has 1 atom stereocenters. The Kier molecular flexibility index (Phi) is 4.87. The van der Waals surface area contributed by atoms with E-state index in [0.717, 1.165) is 12.8 Å². The van der Waals surface area contributed by atoms with Crippen LogP contribution in [-0.4, -0.2) is 15.5 Å². The second-order valence-electron chi connectivity index (χ2n) is 6.35. The number of amides is 1. The minimum Gasteiger partial charge on any atom is -0.370 e. The van der Waals surface area contributed by atoms with Gasteiger partial charge in [-0.15, -0.1) is 0 Å². The van der Waals surface area contributed by atoms with Crippen LogP contribution in [0.3, 0.4) is 0 Å². The Morgan fingerprint density at radius 2 is 2.12 bits per heavy atom. The molecule has 1 heterocycles. The molecule has 128 valence electrons. The predicted octanol–water partition coefficient (Wildman–Crippen LogP) is 2.12. The number of hydrogen-bond donors (Lipinski definition) is 2. The number of nitrogens with zero attached hydrogens (tertiary/aromatic N) is 2. The third kappa shape index (κ3) is 3.44. The standard InChI is InChI=1S/C17H21ClN4O2/c18-11-4-3-5-12-14(11)17(24)22(9-2-1-6-13(19)23)16(21-12)15(20)10-7-8-10/h3-5,10,15H,1-2,6-9,20H2,(H2,19,23)/t15-/m0/s1. The molecule has 0 bridgehead atoms. The van der Waals surface area contributed by atoms with Crippen LogP contribution in [0.15, 0.2) is 23.0 Å². The zero-order chi connectivity index (χ0) is 17.3. The minimum absolute atomic E-state index is 0.171. The molecule has 1 amide bonds. The maximum atomic E-state index is 12.9. The summed E-state index contributed by atoms with van der Waals surface area (Å²) >= 11 is 6.20. The van der Waals surface area contributed by atoms with Crippen molar-refractivity contribution in [3.63, 3.8) is 0 Å². The Morgan fingerprint density at radius 3 is 2.79 bits per heavy atom. The molecule has 0 saturated heterocycles. The van der Waals surface area contributed by atoms with Crippen LogP contribution in [0.25, 0.3) is 10.9 Å². The van der Waals surface area contributed by atoms with E-state index in [1.165, 1.54) is 0 Å². The van der Waals surface area contributed by atoms with Crippen molar-refractivity contribution in [1.82, 2.24) is 9.55 Å². The average Bonchev–Trinajstić information content (AvgIpc) is 3.36. The molecule has 7 heteroatoms. The highest BCUT2D eigenvalue weighted by Crippen LogP contribution is 2.39. The zero-order valence-corrected chi connectivity index (χ0v) is 14.1. The summed E-state index contributed by atoms with van der Waals surface area (Å²) in [6.07, 6.45) is 3.71. The fraction of sp³-hybridized carbons (Fsp3) is 0.471. The van der Waals surface area contributed by atoms with Crippen molar-refractivity contribution in [1.29, 1.82) is 0 Å². The highest BCUT2D eigenvalue weighted by Gasteiger charge is 2.32. The van der Waals surface area contributed by atoms with Gasteiger partial charge in [0.15, 0.2) is 0 Å². The van der Waals surface area contributed by atoms with Crippen LogP contribution < -0.4 is 17.0 Å². The smallest absolute Gasteiger partial charge is 0.262 e. The Morgan fingerprint density at radius 1 is 1.38 bits per heavy atom. The van der Waals surface area contributed by atoms with Crippen molar-refractivity contribution in [2.24, 2.45) is 17.4 Å². The molecule has 3 rings (SSSR count). The first-order valence-electron chi connectivity index (χ1n) is 8.22. The van der Waals surface area contributed by atoms with Gasteiger partial charge in [-0.2, -0.15) is 0 Å². The summed E-state index contributed by atoms with van der Waals surface area (Å²) in [4.78, 5) is 28.4. The second kappa shape index (κ2) is 6.91. The van der Waals surface area contributed by atoms with Gasteiger partial charge in [0.1, 0.15) is 5.82 Å². The normalized spacial score (nSPS) is 15.6. The summed E-state index contributed by atoms with van der Waals surface area (Å²) in [6, 6.07) is 4.99. The summed E-state index contributed by atoms with van der Waals surface area (Å²) < 4.78 is 1.62. The van der Waals surface area contributed by atoms with Gasteiger partial charge in [-0.3, -0.25) is 14.2 Å². The van der Waals surface area contributed by atoms with Crippen molar-refractivity contribution in [3.8, 4) is 0 Å². The molecule has 6 nitrogen and oxygen atoms in total. The van der Waals surface area contributed by atoms with E-state index in [2.05, 4.69) is 4.98 Å². The van der Waals surface area contributed by atoms with Crippen LogP contribution in [0.1, 0.15) is 44.0 Å². The number of carbonyl (C=O) groups excluding carboxylic acids is 1. The maximum absolute atomic E-state index is 12.9. The molecule has 1 saturated carbocycles. The zero-order valence-electron chi connectivity index (χ0n) is 13.4. The van der Waals surface area contributed by atoms with Crippen LogP contribution in [0.4, 0.5) is 0 Å². The lowest BCUT2D eigenvalue weighted by Crippen LogP contribution is -2.30. The third-order valence-electron chi connectivity index (χ3n) is 4.45. The molecule has 1 aromatic heterocycles. The molecule has 1 fully saturated rings. The summed E-state index contributed by atoms with van der Waals surface area (Å²) in [5, 5.41) is 0.809. The Hall–Kier alpha value is -1.92. The van der Waals surface area contributed by atoms with E-state index in [1.807, 2.05) is 0 Å². The van der Waals surface area contributed by atoms with Gasteiger partial charge < -0.3 is 11.5 Å². The van der Waals surface area contributed by atoms with Gasteiger partial charge >= 0.3 is 0 Å². The molecule has 1 aromatic carbocycles. The number of rotatable bonds is 7. The van der Waals surface area contributed by atoms with E-state index < -0.39 is 0 Å². The molecule has 24 heavy (non-hydrogen) atoms. The van der Waals surface area contributed by atoms with E-state index >= 15 is 0 Å². The number of halogens is 1. The lowest BCUT2D eigenvalue weighted by Gasteiger charge is -2.18. The monoisotopic (exact) mass is 348 g/mol. The van der Waals surface area contributed by atoms with Crippen LogP contribution in [0.5, 0.6) is 0 Å². The number of carbonyl (C=O) groups is 1. The Balaban J connectivity index is 2.00. The first-order chi connectivity index (χ1) is 11.5. The highest BCUT2D eigenvalue weighted by atomic mass is 35.5. The second-order valence-corrected chi connectivity index (χ2v) is 6.75. The molecule has 1 aliphatic rings. The molecule has 1 aliphatic carbocycles. The fourth-order valence-corrected chi connectivity index (χ4v) is 3.20. The van der Waals surface area contributed by atoms with E-state index in [-0.39, 0.29) is 17.5 Å². The molecule has 0 aliphatic heterocycles. The van der Waals surface area contributed by atoms with Gasteiger partial charge in [0.25, 0.3) is 5.56 Å². The SMILES string of the molecule is NC(=O)CCCCn1c([C@@H](N)C2CC2)nc2cccc(Cl)c2c1=O. The van der Waals surface area contributed by atoms with E-state index in [9.17, 15) is 9.59 Å². The largest absolute Gasteiger partial charge is 0.370 e. The number of primary amides is 1. The molecule has 0 radical (unpaired) electrons. The topological polar surface area (TPSA) is 104 Å². The fourth-order valence-electron chi connectivity index (χ4n) is 2.95. The van der Waals surface area contributed by atoms with E-state index in [0.29, 0.717) is 53.5 Å². The average molecular weight is 349 g/mol. The van der Waals surface area contributed by atoms with Crippen LogP contribution in [0, 0.1) is 5.92 Å². The first-order valence-corrected chi connectivity index (χ1v) is 8.59. The van der Waals surface area contributed by atoms with Gasteiger partial charge in [0, 0.05) is 13.0 Å². The highest BCUT2D eigenvalue weighted by molar-refractivity contribution is 6.35. The van der Waals surface area contributed by atoms with Crippen molar-refractivity contribution in [3.05, 3.63) is 39.4 Å². The quantitative estimate of drug-likeness (QED) is 0.748. The number of aromatic nitrogens is 2. The molecule has 0 spiro atoms. The van der Waals surface area contributed by atoms with Gasteiger partial charge in [0.2, 0.25) is 5.91 Å². The summed E-state index contributed by atoms with van der Waals surface area (Å²) in [7, 11) is 0. The Labute approximate surface area is 144 Å². The number of unbranched alkanes of at least 4 members (excludes halogenated alkanes) is 1. The molecule has 2 aromatic rings. The van der Waals surface area contributed by atoms with Crippen LogP contribution in [-0.2, 0) is 11.3 Å². The van der Waals surface area contributed by atoms with Crippen molar-refractivity contribution in [2.45, 2.75) is 44.7 Å². The maximum Gasteiger partial charge on any atom is 0.262 e. The van der Waals surface area contributed by atoms with E-state index in [1.54, 1.807) is 22.8 Å². The third-order valence-corrected chi connectivity index (χ3v) is 4.76. The van der Waals surface area contributed by atoms with Crippen LogP contribution in [0.2, 0.25) is 5.02 Å². The Bertz CT molecular complexity index is 829.